The summed E-state index contributed by atoms with van der Waals surface area (Å²) >= 11 is 1.36. The van der Waals surface area contributed by atoms with Crippen LogP contribution in [0, 0.1) is 26.7 Å². The number of hydrogen-bond acceptors (Lipinski definition) is 0. The number of hydrogen-bond donors (Lipinski definition) is 0. The van der Waals surface area contributed by atoms with Crippen LogP contribution in [0.2, 0.25) is 0 Å². The molecule has 0 amide bonds. The van der Waals surface area contributed by atoms with Gasteiger partial charge < -0.3 is 14.9 Å². The molecule has 4 heteroatoms. The van der Waals surface area contributed by atoms with Gasteiger partial charge in [-0.05, 0) is 78.9 Å². The summed E-state index contributed by atoms with van der Waals surface area (Å²) in [6.45, 7) is 3.06. The van der Waals surface area contributed by atoms with Crippen LogP contribution in [-0.2, 0) is 36.2 Å². The van der Waals surface area contributed by atoms with E-state index in [1.807, 2.05) is 0 Å². The van der Waals surface area contributed by atoms with Crippen molar-refractivity contribution in [2.45, 2.75) is 77.0 Å². The van der Waals surface area contributed by atoms with E-state index in [2.05, 4.69) is 225 Å². The van der Waals surface area contributed by atoms with Crippen LogP contribution in [0.5, 0.6) is 0 Å². The Labute approximate surface area is 493 Å². The summed E-state index contributed by atoms with van der Waals surface area (Å²) < 4.78 is 0. The van der Waals surface area contributed by atoms with Crippen LogP contribution in [0.4, 0.5) is 0 Å². The maximum atomic E-state index is 3.06. The van der Waals surface area contributed by atoms with E-state index in [1.54, 1.807) is 0 Å². The topological polar surface area (TPSA) is 0 Å². The van der Waals surface area contributed by atoms with Gasteiger partial charge in [0.15, 0.2) is 0 Å². The van der Waals surface area contributed by atoms with Gasteiger partial charge in [0.2, 0.25) is 0 Å². The molecule has 12 aromatic carbocycles. The minimum absolute atomic E-state index is 0. The van der Waals surface area contributed by atoms with Gasteiger partial charge in [-0.3, -0.25) is 0 Å². The summed E-state index contributed by atoms with van der Waals surface area (Å²) in [6.07, 6.45) is 16.4. The average molecular weight is 1150 g/mol. The van der Waals surface area contributed by atoms with E-state index in [4.69, 9.17) is 0 Å². The van der Waals surface area contributed by atoms with Crippen LogP contribution in [-0.4, -0.2) is 6.88 Å². The number of benzene rings is 10. The monoisotopic (exact) mass is 1150 g/mol. The SMILES string of the molecule is Cl.Cl.[CH3-].[CH3-].[Si]=[Zr].c1ccc2c(-c3ccc(-c4cccc5ccccc45)c4[cH-]c(CC5CCCCC5)cc34)cccc2c1.c1ccc2c(-c3ccc(-c4cccc5ccccc45)c4[cH-]c(CC5CCCCC5)cc34)cccc2c1. The van der Waals surface area contributed by atoms with E-state index < -0.39 is 0 Å². The summed E-state index contributed by atoms with van der Waals surface area (Å²) in [4.78, 5) is 0. The molecule has 0 heterocycles. The van der Waals surface area contributed by atoms with E-state index >= 15 is 0 Å². The predicted octanol–water partition coefficient (Wildman–Crippen LogP) is 22.0. The molecule has 14 rings (SSSR count). The minimum atomic E-state index is 0. The Kier molecular flexibility index (Phi) is 20.1. The molecule has 0 nitrogen and oxygen atoms in total. The molecule has 78 heavy (non-hydrogen) atoms. The standard InChI is InChI=1S/2C36H31.2CH3.2ClH.Si.Zr/c2*1-2-10-25(11-3-1)22-26-23-35-33(31-18-8-14-27-12-4-6-16-29(27)31)20-21-34(36(35)24-26)32-19-9-15-28-13-5-7-17-30(28)32;;;;;;/h2*4-9,12-21,23-25H,1-3,10-11,22H2;2*1H3;2*1H;;/q4*-1;;;;. The smallest absolute Gasteiger partial charge is 0.0114 e. The molecule has 12 aromatic rings. The van der Waals surface area contributed by atoms with Gasteiger partial charge in [0.25, 0.3) is 0 Å². The first-order valence-corrected chi connectivity index (χ1v) is 31.5. The van der Waals surface area contributed by atoms with Crippen molar-refractivity contribution in [3.63, 3.8) is 0 Å². The largest absolute Gasteiger partial charge is 0.164 e. The zero-order chi connectivity index (χ0) is 49.8. The molecule has 0 bridgehead atoms. The fraction of sp³-hybridized carbons (Fsp3) is 0.189. The molecule has 2 saturated carbocycles. The molecule has 0 atom stereocenters. The maximum Gasteiger partial charge on any atom is -0.0114 e. The minimum Gasteiger partial charge on any atom is -0.164 e. The van der Waals surface area contributed by atoms with E-state index in [0.717, 1.165) is 11.8 Å². The molecule has 2 aliphatic rings. The quantitative estimate of drug-likeness (QED) is 0.105. The Bertz CT molecular complexity index is 3430. The third-order valence-electron chi connectivity index (χ3n) is 16.7. The van der Waals surface area contributed by atoms with Crippen molar-refractivity contribution in [2.75, 3.05) is 0 Å². The van der Waals surface area contributed by atoms with Crippen molar-refractivity contribution in [3.05, 3.63) is 244 Å². The third-order valence-corrected chi connectivity index (χ3v) is 16.7. The molecule has 0 N–H and O–H groups in total. The van der Waals surface area contributed by atoms with Gasteiger partial charge >= 0.3 is 30.2 Å². The zero-order valence-corrected chi connectivity index (χ0v) is 50.3. The van der Waals surface area contributed by atoms with Crippen LogP contribution in [0.15, 0.2) is 218 Å². The van der Waals surface area contributed by atoms with Gasteiger partial charge in [0, 0.05) is 0 Å². The molecule has 2 radical (unpaired) electrons. The first-order chi connectivity index (χ1) is 36.7. The molecule has 392 valence electrons. The Morgan fingerprint density at radius 3 is 0.885 bits per heavy atom. The number of halogens is 2. The first-order valence-electron chi connectivity index (χ1n) is 27.3. The van der Waals surface area contributed by atoms with Gasteiger partial charge in [-0.25, -0.2) is 0 Å². The predicted molar refractivity (Wildman–Crippen MR) is 344 cm³/mol. The van der Waals surface area contributed by atoms with Gasteiger partial charge in [0.1, 0.15) is 0 Å². The van der Waals surface area contributed by atoms with Crippen LogP contribution in [0.1, 0.15) is 75.3 Å². The van der Waals surface area contributed by atoms with Crippen LogP contribution in [0.25, 0.3) is 109 Å². The van der Waals surface area contributed by atoms with E-state index in [-0.39, 0.29) is 39.7 Å². The molecular formula is C74H70Cl2SiZr-4. The second kappa shape index (κ2) is 26.9. The molecule has 2 fully saturated rings. The second-order valence-corrected chi connectivity index (χ2v) is 21.2. The molecule has 0 unspecified atom stereocenters. The Morgan fingerprint density at radius 2 is 0.564 bits per heavy atom. The van der Waals surface area contributed by atoms with Crippen molar-refractivity contribution in [2.24, 2.45) is 11.8 Å². The summed E-state index contributed by atoms with van der Waals surface area (Å²) in [6, 6.07) is 81.5. The molecule has 2 aliphatic carbocycles. The van der Waals surface area contributed by atoms with Crippen LogP contribution < -0.4 is 0 Å². The summed E-state index contributed by atoms with van der Waals surface area (Å²) in [7, 11) is 0. The van der Waals surface area contributed by atoms with Gasteiger partial charge in [-0.2, -0.15) is 12.1 Å². The van der Waals surface area contributed by atoms with Gasteiger partial charge in [-0.1, -0.05) is 292 Å². The van der Waals surface area contributed by atoms with Crippen molar-refractivity contribution < 1.29 is 23.3 Å². The van der Waals surface area contributed by atoms with Crippen molar-refractivity contribution in [3.8, 4) is 44.5 Å². The summed E-state index contributed by atoms with van der Waals surface area (Å²) in [5, 5.41) is 16.1. The zero-order valence-electron chi connectivity index (χ0n) is 45.2. The van der Waals surface area contributed by atoms with Gasteiger partial charge in [0.05, 0.1) is 0 Å². The van der Waals surface area contributed by atoms with Crippen LogP contribution in [0.3, 0.4) is 0 Å². The van der Waals surface area contributed by atoms with E-state index in [0.29, 0.717) is 0 Å². The maximum absolute atomic E-state index is 3.06. The molecule has 0 saturated heterocycles. The van der Waals surface area contributed by atoms with Crippen molar-refractivity contribution in [1.82, 2.24) is 0 Å². The summed E-state index contributed by atoms with van der Waals surface area (Å²) in [5.41, 5.74) is 13.7. The molecule has 0 aliphatic heterocycles. The second-order valence-electron chi connectivity index (χ2n) is 21.2. The Morgan fingerprint density at radius 1 is 0.308 bits per heavy atom. The number of fused-ring (bicyclic) bond motifs is 6. The third kappa shape index (κ3) is 11.9. The van der Waals surface area contributed by atoms with Crippen molar-refractivity contribution in [1.29, 1.82) is 0 Å². The Balaban J connectivity index is 0.000000190. The Hall–Kier alpha value is -5.86. The van der Waals surface area contributed by atoms with Gasteiger partial charge in [-0.15, -0.1) is 69.6 Å². The first kappa shape index (κ1) is 58.3. The fourth-order valence-corrected chi connectivity index (χ4v) is 13.2. The van der Waals surface area contributed by atoms with E-state index in [1.165, 1.54) is 221 Å². The molecule has 0 aromatic heterocycles. The fourth-order valence-electron chi connectivity index (χ4n) is 13.2. The summed E-state index contributed by atoms with van der Waals surface area (Å²) in [5.74, 6) is 1.66. The van der Waals surface area contributed by atoms with E-state index in [9.17, 15) is 0 Å². The number of rotatable bonds is 8. The molecule has 0 spiro atoms. The van der Waals surface area contributed by atoms with Crippen molar-refractivity contribution >= 4 is 96.3 Å². The molecular weight excluding hydrogens is 1080 g/mol. The average Bonchev–Trinajstić information content (AvgIpc) is 4.22. The van der Waals surface area contributed by atoms with Crippen LogP contribution >= 0.6 is 24.8 Å². The normalized spacial score (nSPS) is 13.6.